The molecule has 0 radical (unpaired) electrons. The SMILES string of the molecule is CC/C=C\C/C=C\C/C=C\C/C=C\C/C=C\C/C=C\CCCCCCCCCCCCCCC(=O)OCC(COC(=O)CCCCCCC)OC(=O)CCCCCCC/C=C\CCCCC. The van der Waals surface area contributed by atoms with E-state index in [0.29, 0.717) is 19.3 Å². The highest BCUT2D eigenvalue weighted by atomic mass is 16.6. The van der Waals surface area contributed by atoms with Crippen LogP contribution in [0.3, 0.4) is 0 Å². The molecule has 0 saturated carbocycles. The van der Waals surface area contributed by atoms with Gasteiger partial charge in [-0.05, 0) is 96.3 Å². The van der Waals surface area contributed by atoms with Crippen LogP contribution >= 0.6 is 0 Å². The molecule has 0 spiro atoms. The van der Waals surface area contributed by atoms with Gasteiger partial charge in [-0.25, -0.2) is 0 Å². The summed E-state index contributed by atoms with van der Waals surface area (Å²) in [5, 5.41) is 0. The Kier molecular flexibility index (Phi) is 51.4. The second kappa shape index (κ2) is 54.2. The Balaban J connectivity index is 4.00. The number of hydrogen-bond acceptors (Lipinski definition) is 6. The lowest BCUT2D eigenvalue weighted by Crippen LogP contribution is -2.30. The van der Waals surface area contributed by atoms with E-state index >= 15 is 0 Å². The van der Waals surface area contributed by atoms with E-state index in [2.05, 4.69) is 106 Å². The maximum atomic E-state index is 12.7. The fourth-order valence-electron chi connectivity index (χ4n) is 7.50. The average molecular weight is 919 g/mol. The molecule has 378 valence electrons. The average Bonchev–Trinajstić information content (AvgIpc) is 3.31. The summed E-state index contributed by atoms with van der Waals surface area (Å²) >= 11 is 0. The van der Waals surface area contributed by atoms with Crippen molar-refractivity contribution in [2.45, 2.75) is 264 Å². The molecule has 6 nitrogen and oxygen atoms in total. The Morgan fingerprint density at radius 1 is 0.318 bits per heavy atom. The fraction of sp³-hybridized carbons (Fsp3) is 0.717. The van der Waals surface area contributed by atoms with E-state index < -0.39 is 6.10 Å². The summed E-state index contributed by atoms with van der Waals surface area (Å²) in [7, 11) is 0. The summed E-state index contributed by atoms with van der Waals surface area (Å²) in [5.74, 6) is -0.904. The van der Waals surface area contributed by atoms with Crippen LogP contribution in [-0.2, 0) is 28.6 Å². The molecular weight excluding hydrogens is 817 g/mol. The Hall–Kier alpha value is -3.41. The molecule has 0 aliphatic heterocycles. The highest BCUT2D eigenvalue weighted by Crippen LogP contribution is 2.15. The van der Waals surface area contributed by atoms with Crippen molar-refractivity contribution in [3.63, 3.8) is 0 Å². The van der Waals surface area contributed by atoms with Crippen LogP contribution in [0, 0.1) is 0 Å². The van der Waals surface area contributed by atoms with Crippen molar-refractivity contribution in [1.82, 2.24) is 0 Å². The zero-order valence-electron chi connectivity index (χ0n) is 43.2. The smallest absolute Gasteiger partial charge is 0.306 e. The van der Waals surface area contributed by atoms with Gasteiger partial charge in [0.05, 0.1) is 0 Å². The minimum Gasteiger partial charge on any atom is -0.462 e. The predicted molar refractivity (Wildman–Crippen MR) is 284 cm³/mol. The standard InChI is InChI=1S/C60H102O6/c1-4-7-10-13-15-17-19-21-22-23-24-25-26-27-28-29-30-31-32-33-34-35-36-37-38-39-41-42-44-47-50-53-59(62)65-56-57(55-64-58(61)52-49-46-12-9-6-3)66-60(63)54-51-48-45-43-40-20-18-16-14-11-8-5-2/h7,10,15-18,21-22,24-25,27-28,30-31,57H,4-6,8-9,11-14,19-20,23,26,29,32-56H2,1-3H3/b10-7-,17-15-,18-16-,22-21-,25-24-,28-27-,31-30-. The van der Waals surface area contributed by atoms with E-state index in [9.17, 15) is 14.4 Å². The number of carbonyl (C=O) groups is 3. The molecule has 0 N–H and O–H groups in total. The first kappa shape index (κ1) is 62.6. The second-order valence-corrected chi connectivity index (χ2v) is 18.1. The van der Waals surface area contributed by atoms with Crippen LogP contribution in [0.4, 0.5) is 0 Å². The van der Waals surface area contributed by atoms with Crippen LogP contribution in [0.5, 0.6) is 0 Å². The van der Waals surface area contributed by atoms with E-state index in [1.165, 1.54) is 103 Å². The van der Waals surface area contributed by atoms with E-state index in [4.69, 9.17) is 14.2 Å². The van der Waals surface area contributed by atoms with Gasteiger partial charge in [-0.1, -0.05) is 228 Å². The van der Waals surface area contributed by atoms with Gasteiger partial charge in [-0.2, -0.15) is 0 Å². The van der Waals surface area contributed by atoms with Gasteiger partial charge in [0.25, 0.3) is 0 Å². The lowest BCUT2D eigenvalue weighted by molar-refractivity contribution is -0.167. The molecule has 1 unspecified atom stereocenters. The molecule has 0 saturated heterocycles. The van der Waals surface area contributed by atoms with Crippen molar-refractivity contribution in [3.05, 3.63) is 85.1 Å². The van der Waals surface area contributed by atoms with Gasteiger partial charge in [0.2, 0.25) is 0 Å². The maximum absolute atomic E-state index is 12.7. The van der Waals surface area contributed by atoms with E-state index in [0.717, 1.165) is 116 Å². The third kappa shape index (κ3) is 51.6. The Labute approximate surface area is 407 Å². The Bertz CT molecular complexity index is 1290. The lowest BCUT2D eigenvalue weighted by atomic mass is 10.0. The van der Waals surface area contributed by atoms with E-state index in [1.54, 1.807) is 0 Å². The van der Waals surface area contributed by atoms with Gasteiger partial charge in [-0.3, -0.25) is 14.4 Å². The van der Waals surface area contributed by atoms with Crippen LogP contribution in [0.25, 0.3) is 0 Å². The van der Waals surface area contributed by atoms with Crippen LogP contribution in [0.2, 0.25) is 0 Å². The Morgan fingerprint density at radius 2 is 0.591 bits per heavy atom. The molecule has 66 heavy (non-hydrogen) atoms. The molecule has 0 aliphatic rings. The number of carbonyl (C=O) groups excluding carboxylic acids is 3. The largest absolute Gasteiger partial charge is 0.462 e. The van der Waals surface area contributed by atoms with Crippen LogP contribution in [-0.4, -0.2) is 37.2 Å². The molecule has 0 amide bonds. The lowest BCUT2D eigenvalue weighted by Gasteiger charge is -2.18. The molecule has 0 bridgehead atoms. The number of unbranched alkanes of at least 4 members (excludes halogenated alkanes) is 24. The number of esters is 3. The molecule has 0 aliphatic carbocycles. The summed E-state index contributed by atoms with van der Waals surface area (Å²) in [5.41, 5.74) is 0. The summed E-state index contributed by atoms with van der Waals surface area (Å²) in [6.45, 7) is 6.41. The van der Waals surface area contributed by atoms with Gasteiger partial charge in [0.15, 0.2) is 6.10 Å². The summed E-state index contributed by atoms with van der Waals surface area (Å²) in [4.78, 5) is 37.6. The highest BCUT2D eigenvalue weighted by Gasteiger charge is 2.19. The maximum Gasteiger partial charge on any atom is 0.306 e. The first-order valence-electron chi connectivity index (χ1n) is 27.6. The third-order valence-electron chi connectivity index (χ3n) is 11.6. The summed E-state index contributed by atoms with van der Waals surface area (Å²) in [6.07, 6.45) is 70.5. The molecule has 0 aromatic carbocycles. The zero-order chi connectivity index (χ0) is 47.9. The number of allylic oxidation sites excluding steroid dienone is 14. The third-order valence-corrected chi connectivity index (χ3v) is 11.6. The minimum absolute atomic E-state index is 0.0795. The topological polar surface area (TPSA) is 78.9 Å². The molecular formula is C60H102O6. The molecule has 1 atom stereocenters. The number of hydrogen-bond donors (Lipinski definition) is 0. The van der Waals surface area contributed by atoms with Gasteiger partial charge in [0, 0.05) is 19.3 Å². The van der Waals surface area contributed by atoms with Crippen molar-refractivity contribution >= 4 is 17.9 Å². The van der Waals surface area contributed by atoms with Gasteiger partial charge in [0.1, 0.15) is 13.2 Å². The van der Waals surface area contributed by atoms with Crippen LogP contribution < -0.4 is 0 Å². The minimum atomic E-state index is -0.775. The fourth-order valence-corrected chi connectivity index (χ4v) is 7.50. The normalized spacial score (nSPS) is 12.7. The highest BCUT2D eigenvalue weighted by molar-refractivity contribution is 5.71. The number of ether oxygens (including phenoxy) is 3. The van der Waals surface area contributed by atoms with Crippen molar-refractivity contribution in [2.24, 2.45) is 0 Å². The quantitative estimate of drug-likeness (QED) is 0.0262. The van der Waals surface area contributed by atoms with Gasteiger partial charge in [-0.15, -0.1) is 0 Å². The van der Waals surface area contributed by atoms with Crippen LogP contribution in [0.15, 0.2) is 85.1 Å². The van der Waals surface area contributed by atoms with Gasteiger partial charge >= 0.3 is 17.9 Å². The first-order valence-corrected chi connectivity index (χ1v) is 27.6. The van der Waals surface area contributed by atoms with Crippen molar-refractivity contribution < 1.29 is 28.6 Å². The summed E-state index contributed by atoms with van der Waals surface area (Å²) < 4.78 is 16.7. The van der Waals surface area contributed by atoms with E-state index in [-0.39, 0.29) is 31.1 Å². The number of rotatable bonds is 49. The van der Waals surface area contributed by atoms with Crippen LogP contribution in [0.1, 0.15) is 258 Å². The molecule has 0 fully saturated rings. The van der Waals surface area contributed by atoms with Crippen molar-refractivity contribution in [2.75, 3.05) is 13.2 Å². The molecule has 0 rings (SSSR count). The second-order valence-electron chi connectivity index (χ2n) is 18.1. The molecule has 6 heteroatoms. The predicted octanol–water partition coefficient (Wildman–Crippen LogP) is 18.4. The van der Waals surface area contributed by atoms with Crippen molar-refractivity contribution in [1.29, 1.82) is 0 Å². The Morgan fingerprint density at radius 3 is 0.970 bits per heavy atom. The first-order chi connectivity index (χ1) is 32.5. The van der Waals surface area contributed by atoms with E-state index in [1.807, 2.05) is 0 Å². The monoisotopic (exact) mass is 919 g/mol. The molecule has 0 aromatic rings. The molecule has 0 heterocycles. The van der Waals surface area contributed by atoms with Gasteiger partial charge < -0.3 is 14.2 Å². The molecule has 0 aromatic heterocycles. The van der Waals surface area contributed by atoms with Crippen molar-refractivity contribution in [3.8, 4) is 0 Å². The zero-order valence-corrected chi connectivity index (χ0v) is 43.2. The summed E-state index contributed by atoms with van der Waals surface area (Å²) in [6, 6.07) is 0.